The third-order valence-corrected chi connectivity index (χ3v) is 4.15. The van der Waals surface area contributed by atoms with Crippen LogP contribution < -0.4 is 10.6 Å². The number of aromatic nitrogens is 3. The van der Waals surface area contributed by atoms with Crippen molar-refractivity contribution in [1.29, 1.82) is 0 Å². The van der Waals surface area contributed by atoms with Gasteiger partial charge in [-0.15, -0.1) is 0 Å². The zero-order valence-electron chi connectivity index (χ0n) is 13.6. The highest BCUT2D eigenvalue weighted by Gasteiger charge is 2.38. The van der Waals surface area contributed by atoms with E-state index in [9.17, 15) is 4.79 Å². The van der Waals surface area contributed by atoms with Crippen LogP contribution in [0.1, 0.15) is 41.6 Å². The Labute approximate surface area is 137 Å². The predicted molar refractivity (Wildman–Crippen MR) is 87.0 cm³/mol. The molecule has 0 unspecified atom stereocenters. The molecular weight excluding hydrogens is 310 g/mol. The summed E-state index contributed by atoms with van der Waals surface area (Å²) in [6, 6.07) is 0.145. The molecule has 0 atom stereocenters. The summed E-state index contributed by atoms with van der Waals surface area (Å²) in [5.41, 5.74) is 1.46. The number of anilines is 2. The van der Waals surface area contributed by atoms with E-state index in [1.165, 1.54) is 12.6 Å². The molecule has 0 spiro atoms. The Bertz CT molecular complexity index is 938. The number of aryl methyl sites for hydroxylation is 2. The molecule has 8 nitrogen and oxygen atoms in total. The monoisotopic (exact) mass is 327 g/mol. The van der Waals surface area contributed by atoms with Gasteiger partial charge in [-0.25, -0.2) is 9.97 Å². The Morgan fingerprint density at radius 2 is 2.08 bits per heavy atom. The molecule has 4 rings (SSSR count). The lowest BCUT2D eigenvalue weighted by Gasteiger charge is -2.12. The van der Waals surface area contributed by atoms with Gasteiger partial charge in [-0.2, -0.15) is 4.98 Å². The Balaban J connectivity index is 1.76. The second-order valence-corrected chi connectivity index (χ2v) is 6.37. The van der Waals surface area contributed by atoms with Crippen molar-refractivity contribution in [2.75, 3.05) is 10.6 Å². The van der Waals surface area contributed by atoms with Crippen molar-refractivity contribution in [2.45, 2.75) is 39.2 Å². The van der Waals surface area contributed by atoms with Crippen molar-refractivity contribution in [3.63, 3.8) is 0 Å². The molecule has 0 bridgehead atoms. The highest BCUT2D eigenvalue weighted by molar-refractivity contribution is 6.14. The number of amides is 1. The van der Waals surface area contributed by atoms with Gasteiger partial charge in [-0.1, -0.05) is 0 Å². The van der Waals surface area contributed by atoms with Crippen LogP contribution in [0.25, 0.3) is 11.1 Å². The van der Waals surface area contributed by atoms with Gasteiger partial charge in [0.05, 0.1) is 16.6 Å². The maximum absolute atomic E-state index is 12.7. The lowest BCUT2D eigenvalue weighted by Crippen LogP contribution is -2.18. The summed E-state index contributed by atoms with van der Waals surface area (Å²) in [5, 5.41) is 6.60. The average Bonchev–Trinajstić information content (AvgIpc) is 2.94. The zero-order valence-corrected chi connectivity index (χ0v) is 13.6. The molecule has 24 heavy (non-hydrogen) atoms. The summed E-state index contributed by atoms with van der Waals surface area (Å²) in [6.45, 7) is 5.62. The van der Waals surface area contributed by atoms with Crippen LogP contribution in [0, 0.1) is 13.8 Å². The van der Waals surface area contributed by atoms with Gasteiger partial charge in [-0.3, -0.25) is 10.1 Å². The van der Waals surface area contributed by atoms with Crippen LogP contribution in [0.2, 0.25) is 0 Å². The smallest absolute Gasteiger partial charge is 0.301 e. The van der Waals surface area contributed by atoms with E-state index in [4.69, 9.17) is 8.83 Å². The third kappa shape index (κ3) is 2.49. The molecule has 1 amide bonds. The SMILES string of the molecule is Cc1coc(NC(=O)c2c(C)oc3ncnc(NC4(C)CC4)c23)n1. The minimum absolute atomic E-state index is 0.0138. The minimum Gasteiger partial charge on any atom is -0.442 e. The average molecular weight is 327 g/mol. The molecule has 0 aliphatic heterocycles. The highest BCUT2D eigenvalue weighted by Crippen LogP contribution is 2.40. The van der Waals surface area contributed by atoms with Crippen LogP contribution in [0.3, 0.4) is 0 Å². The number of fused-ring (bicyclic) bond motifs is 1. The van der Waals surface area contributed by atoms with Gasteiger partial charge in [0.15, 0.2) is 0 Å². The van der Waals surface area contributed by atoms with Gasteiger partial charge in [0, 0.05) is 5.54 Å². The topological polar surface area (TPSA) is 106 Å². The molecule has 0 saturated heterocycles. The summed E-state index contributed by atoms with van der Waals surface area (Å²) >= 11 is 0. The number of rotatable bonds is 4. The van der Waals surface area contributed by atoms with Crippen LogP contribution in [0.5, 0.6) is 0 Å². The van der Waals surface area contributed by atoms with Crippen LogP contribution >= 0.6 is 0 Å². The number of furan rings is 1. The summed E-state index contributed by atoms with van der Waals surface area (Å²) in [5.74, 6) is 0.702. The van der Waals surface area contributed by atoms with E-state index in [2.05, 4.69) is 32.5 Å². The Morgan fingerprint density at radius 1 is 1.29 bits per heavy atom. The molecule has 2 N–H and O–H groups in total. The van der Waals surface area contributed by atoms with Crippen LogP contribution in [0.4, 0.5) is 11.8 Å². The first-order chi connectivity index (χ1) is 11.5. The molecule has 1 fully saturated rings. The number of carbonyl (C=O) groups is 1. The second-order valence-electron chi connectivity index (χ2n) is 6.37. The summed E-state index contributed by atoms with van der Waals surface area (Å²) in [4.78, 5) is 25.2. The van der Waals surface area contributed by atoms with E-state index in [0.717, 1.165) is 12.8 Å². The molecular formula is C16H17N5O3. The molecule has 1 saturated carbocycles. The van der Waals surface area contributed by atoms with Gasteiger partial charge < -0.3 is 14.2 Å². The van der Waals surface area contributed by atoms with E-state index in [-0.39, 0.29) is 17.5 Å². The van der Waals surface area contributed by atoms with Crippen molar-refractivity contribution in [3.8, 4) is 0 Å². The van der Waals surface area contributed by atoms with Crippen molar-refractivity contribution in [1.82, 2.24) is 15.0 Å². The largest absolute Gasteiger partial charge is 0.442 e. The van der Waals surface area contributed by atoms with Gasteiger partial charge in [0.1, 0.15) is 24.2 Å². The first-order valence-electron chi connectivity index (χ1n) is 7.71. The van der Waals surface area contributed by atoms with Crippen molar-refractivity contribution >= 4 is 28.8 Å². The number of carbonyl (C=O) groups excluding carboxylic acids is 1. The molecule has 8 heteroatoms. The van der Waals surface area contributed by atoms with Crippen molar-refractivity contribution in [2.24, 2.45) is 0 Å². The number of hydrogen-bond donors (Lipinski definition) is 2. The Kier molecular flexibility index (Phi) is 3.09. The Hall–Kier alpha value is -2.90. The van der Waals surface area contributed by atoms with Gasteiger partial charge in [0.2, 0.25) is 5.71 Å². The molecule has 3 heterocycles. The number of hydrogen-bond acceptors (Lipinski definition) is 7. The molecule has 1 aliphatic carbocycles. The fourth-order valence-corrected chi connectivity index (χ4v) is 2.58. The number of oxazole rings is 1. The van der Waals surface area contributed by atoms with Gasteiger partial charge >= 0.3 is 6.01 Å². The first-order valence-corrected chi connectivity index (χ1v) is 7.71. The molecule has 0 aromatic carbocycles. The highest BCUT2D eigenvalue weighted by atomic mass is 16.4. The second kappa shape index (κ2) is 5.05. The number of nitrogens with one attached hydrogen (secondary N) is 2. The molecule has 3 aromatic rings. The molecule has 3 aromatic heterocycles. The van der Waals surface area contributed by atoms with Gasteiger partial charge in [-0.05, 0) is 33.6 Å². The van der Waals surface area contributed by atoms with Crippen molar-refractivity contribution in [3.05, 3.63) is 29.6 Å². The van der Waals surface area contributed by atoms with Crippen LogP contribution in [-0.2, 0) is 0 Å². The predicted octanol–water partition coefficient (Wildman–Crippen LogP) is 3.04. The lowest BCUT2D eigenvalue weighted by atomic mass is 10.1. The molecule has 124 valence electrons. The summed E-state index contributed by atoms with van der Waals surface area (Å²) in [6.07, 6.45) is 5.03. The normalized spacial score (nSPS) is 15.5. The summed E-state index contributed by atoms with van der Waals surface area (Å²) in [7, 11) is 0. The third-order valence-electron chi connectivity index (χ3n) is 4.15. The molecule has 1 aliphatic rings. The van der Waals surface area contributed by atoms with E-state index in [1.54, 1.807) is 13.8 Å². The van der Waals surface area contributed by atoms with Crippen molar-refractivity contribution < 1.29 is 13.6 Å². The van der Waals surface area contributed by atoms with E-state index >= 15 is 0 Å². The minimum atomic E-state index is -0.369. The first kappa shape index (κ1) is 14.7. The van der Waals surface area contributed by atoms with E-state index in [1.807, 2.05) is 0 Å². The maximum atomic E-state index is 12.7. The van der Waals surface area contributed by atoms with E-state index < -0.39 is 0 Å². The Morgan fingerprint density at radius 3 is 2.75 bits per heavy atom. The fraction of sp³-hybridized carbons (Fsp3) is 0.375. The molecule has 0 radical (unpaired) electrons. The lowest BCUT2D eigenvalue weighted by molar-refractivity contribution is 0.102. The van der Waals surface area contributed by atoms with Gasteiger partial charge in [0.25, 0.3) is 5.91 Å². The quantitative estimate of drug-likeness (QED) is 0.758. The van der Waals surface area contributed by atoms with E-state index in [0.29, 0.717) is 33.9 Å². The maximum Gasteiger partial charge on any atom is 0.301 e. The fourth-order valence-electron chi connectivity index (χ4n) is 2.58. The zero-order chi connectivity index (χ0) is 16.9. The summed E-state index contributed by atoms with van der Waals surface area (Å²) < 4.78 is 10.8. The standard InChI is InChI=1S/C16H17N5O3/c1-8-6-23-15(19-8)20-13(22)10-9(2)24-14-11(10)12(17-7-18-14)21-16(3)4-5-16/h6-7H,4-5H2,1-3H3,(H,17,18,21)(H,19,20,22). The van der Waals surface area contributed by atoms with Crippen LogP contribution in [0.15, 0.2) is 21.4 Å². The number of nitrogens with zero attached hydrogens (tertiary/aromatic N) is 3. The van der Waals surface area contributed by atoms with Crippen LogP contribution in [-0.4, -0.2) is 26.4 Å².